The molecule has 4 rings (SSSR count). The largest absolute Gasteiger partial charge is 0.472 e. The Hall–Kier alpha value is -3.88. The number of rotatable bonds is 6. The molecule has 0 saturated carbocycles. The molecule has 0 fully saturated rings. The molecular weight excluding hydrogens is 435 g/mol. The number of aryl methyl sites for hydroxylation is 1. The van der Waals surface area contributed by atoms with Gasteiger partial charge in [0.25, 0.3) is 0 Å². The predicted octanol–water partition coefficient (Wildman–Crippen LogP) is 5.43. The van der Waals surface area contributed by atoms with Crippen LogP contribution in [0.5, 0.6) is 5.75 Å². The summed E-state index contributed by atoms with van der Waals surface area (Å²) < 4.78 is 50.1. The third kappa shape index (κ3) is 4.82. The van der Waals surface area contributed by atoms with Crippen LogP contribution in [-0.4, -0.2) is 27.6 Å². The first kappa shape index (κ1) is 22.3. The summed E-state index contributed by atoms with van der Waals surface area (Å²) in [4.78, 5) is 14.1. The van der Waals surface area contributed by atoms with E-state index in [0.29, 0.717) is 16.7 Å². The van der Waals surface area contributed by atoms with Gasteiger partial charge in [-0.2, -0.15) is 13.2 Å². The normalized spacial score (nSPS) is 12.5. The molecule has 3 aromatic carbocycles. The number of hydrogen-bond donors (Lipinski definition) is 0. The van der Waals surface area contributed by atoms with Gasteiger partial charge in [0, 0.05) is 5.56 Å². The van der Waals surface area contributed by atoms with E-state index < -0.39 is 23.8 Å². The van der Waals surface area contributed by atoms with Crippen LogP contribution in [0.15, 0.2) is 66.7 Å². The molecule has 0 aliphatic heterocycles. The zero-order valence-corrected chi connectivity index (χ0v) is 17.8. The van der Waals surface area contributed by atoms with Crippen LogP contribution in [0, 0.1) is 6.92 Å². The summed E-state index contributed by atoms with van der Waals surface area (Å²) in [6.45, 7) is 3.61. The van der Waals surface area contributed by atoms with Crippen LogP contribution >= 0.6 is 0 Å². The fourth-order valence-electron chi connectivity index (χ4n) is 3.29. The Balaban J connectivity index is 1.74. The van der Waals surface area contributed by atoms with E-state index >= 15 is 0 Å². The van der Waals surface area contributed by atoms with E-state index in [9.17, 15) is 18.0 Å². The predicted molar refractivity (Wildman–Crippen MR) is 115 cm³/mol. The molecule has 1 heterocycles. The zero-order chi connectivity index (χ0) is 23.6. The van der Waals surface area contributed by atoms with Crippen molar-refractivity contribution in [2.45, 2.75) is 26.1 Å². The van der Waals surface area contributed by atoms with Gasteiger partial charge in [0.05, 0.1) is 12.2 Å². The second-order valence-electron chi connectivity index (χ2n) is 7.32. The number of hydrogen-bond acceptors (Lipinski definition) is 5. The van der Waals surface area contributed by atoms with E-state index in [0.717, 1.165) is 17.7 Å². The molecule has 1 unspecified atom stereocenters. The lowest BCUT2D eigenvalue weighted by Gasteiger charge is -2.20. The zero-order valence-electron chi connectivity index (χ0n) is 17.8. The number of fused-ring (bicyclic) bond motifs is 1. The molecule has 0 bridgehead atoms. The lowest BCUT2D eigenvalue weighted by Crippen LogP contribution is -2.22. The Bertz CT molecular complexity index is 1250. The quantitative estimate of drug-likeness (QED) is 0.363. The molecule has 0 radical (unpaired) electrons. The smallest absolute Gasteiger partial charge is 0.416 e. The monoisotopic (exact) mass is 455 g/mol. The first-order valence-corrected chi connectivity index (χ1v) is 10.2. The van der Waals surface area contributed by atoms with Gasteiger partial charge in [-0.15, -0.1) is 15.0 Å². The maximum atomic E-state index is 13.0. The summed E-state index contributed by atoms with van der Waals surface area (Å²) in [6, 6.07) is 16.8. The Labute approximate surface area is 187 Å². The number of benzene rings is 3. The van der Waals surface area contributed by atoms with Crippen LogP contribution in [0.3, 0.4) is 0 Å². The molecule has 33 heavy (non-hydrogen) atoms. The average Bonchev–Trinajstić information content (AvgIpc) is 3.22. The number of aromatic nitrogens is 3. The molecule has 0 aliphatic rings. The highest BCUT2D eigenvalue weighted by Gasteiger charge is 2.32. The first-order chi connectivity index (χ1) is 15.8. The van der Waals surface area contributed by atoms with Crippen LogP contribution in [0.2, 0.25) is 0 Å². The second kappa shape index (κ2) is 8.93. The van der Waals surface area contributed by atoms with Gasteiger partial charge in [-0.1, -0.05) is 30.3 Å². The van der Waals surface area contributed by atoms with Crippen LogP contribution in [-0.2, 0) is 15.7 Å². The standard InChI is InChI=1S/C24H20F3N3O3/c1-3-32-23(31)22(16-9-11-17(12-10-16)24(25,26)27)33-21-13-8-15(2)14-20(21)30-28-18-6-4-5-7-19(18)29-30/h4-14,22H,3H2,1-2H3. The summed E-state index contributed by atoms with van der Waals surface area (Å²) in [6.07, 6.45) is -5.77. The number of halogens is 3. The lowest BCUT2D eigenvalue weighted by atomic mass is 10.1. The number of carbonyl (C=O) groups is 1. The fraction of sp³-hybridized carbons (Fsp3) is 0.208. The molecule has 0 N–H and O–H groups in total. The molecule has 1 atom stereocenters. The van der Waals surface area contributed by atoms with Gasteiger partial charge in [0.2, 0.25) is 6.10 Å². The lowest BCUT2D eigenvalue weighted by molar-refractivity contribution is -0.151. The molecule has 1 aromatic heterocycles. The summed E-state index contributed by atoms with van der Waals surface area (Å²) in [5.41, 5.74) is 2.14. The number of nitrogens with zero attached hydrogens (tertiary/aromatic N) is 3. The van der Waals surface area contributed by atoms with E-state index in [4.69, 9.17) is 9.47 Å². The van der Waals surface area contributed by atoms with Gasteiger partial charge in [-0.25, -0.2) is 4.79 Å². The Morgan fingerprint density at radius 3 is 2.21 bits per heavy atom. The van der Waals surface area contributed by atoms with Gasteiger partial charge >= 0.3 is 12.1 Å². The maximum Gasteiger partial charge on any atom is 0.416 e. The van der Waals surface area contributed by atoms with Crippen LogP contribution < -0.4 is 4.74 Å². The van der Waals surface area contributed by atoms with E-state index in [1.807, 2.05) is 31.2 Å². The van der Waals surface area contributed by atoms with Crippen molar-refractivity contribution in [3.63, 3.8) is 0 Å². The molecule has 4 aromatic rings. The molecular formula is C24H20F3N3O3. The fourth-order valence-corrected chi connectivity index (χ4v) is 3.29. The van der Waals surface area contributed by atoms with Crippen molar-refractivity contribution in [3.8, 4) is 11.4 Å². The van der Waals surface area contributed by atoms with E-state index in [1.54, 1.807) is 25.1 Å². The summed E-state index contributed by atoms with van der Waals surface area (Å²) in [5, 5.41) is 8.94. The van der Waals surface area contributed by atoms with Crippen molar-refractivity contribution in [1.82, 2.24) is 15.0 Å². The van der Waals surface area contributed by atoms with Crippen LogP contribution in [0.25, 0.3) is 16.7 Å². The number of alkyl halides is 3. The molecule has 0 amide bonds. The van der Waals surface area contributed by atoms with Crippen molar-refractivity contribution in [1.29, 1.82) is 0 Å². The SMILES string of the molecule is CCOC(=O)C(Oc1ccc(C)cc1-n1nc2ccccc2n1)c1ccc(C(F)(F)F)cc1. The number of carbonyl (C=O) groups excluding carboxylic acids is 1. The highest BCUT2D eigenvalue weighted by molar-refractivity contribution is 5.77. The molecule has 0 saturated heterocycles. The van der Waals surface area contributed by atoms with Crippen molar-refractivity contribution in [2.75, 3.05) is 6.61 Å². The van der Waals surface area contributed by atoms with Gasteiger partial charge in [-0.3, -0.25) is 0 Å². The van der Waals surface area contributed by atoms with Crippen molar-refractivity contribution >= 4 is 17.0 Å². The first-order valence-electron chi connectivity index (χ1n) is 10.2. The van der Waals surface area contributed by atoms with E-state index in [-0.39, 0.29) is 17.9 Å². The number of ether oxygens (including phenoxy) is 2. The molecule has 0 spiro atoms. The minimum atomic E-state index is -4.49. The van der Waals surface area contributed by atoms with E-state index in [2.05, 4.69) is 10.2 Å². The third-order valence-corrected chi connectivity index (χ3v) is 4.90. The third-order valence-electron chi connectivity index (χ3n) is 4.90. The Morgan fingerprint density at radius 2 is 1.64 bits per heavy atom. The molecule has 6 nitrogen and oxygen atoms in total. The molecule has 170 valence electrons. The van der Waals surface area contributed by atoms with Crippen molar-refractivity contribution < 1.29 is 27.4 Å². The number of esters is 1. The van der Waals surface area contributed by atoms with Crippen molar-refractivity contribution in [2.24, 2.45) is 0 Å². The topological polar surface area (TPSA) is 66.2 Å². The van der Waals surface area contributed by atoms with Gasteiger partial charge in [-0.05, 0) is 55.8 Å². The highest BCUT2D eigenvalue weighted by atomic mass is 19.4. The summed E-state index contributed by atoms with van der Waals surface area (Å²) in [7, 11) is 0. The highest BCUT2D eigenvalue weighted by Crippen LogP contribution is 2.33. The Morgan fingerprint density at radius 1 is 1.00 bits per heavy atom. The molecule has 9 heteroatoms. The maximum absolute atomic E-state index is 13.0. The Kier molecular flexibility index (Phi) is 6.04. The van der Waals surface area contributed by atoms with Gasteiger partial charge in [0.15, 0.2) is 0 Å². The minimum Gasteiger partial charge on any atom is -0.472 e. The summed E-state index contributed by atoms with van der Waals surface area (Å²) >= 11 is 0. The summed E-state index contributed by atoms with van der Waals surface area (Å²) in [5.74, 6) is -0.443. The van der Waals surface area contributed by atoms with E-state index in [1.165, 1.54) is 16.9 Å². The second-order valence-corrected chi connectivity index (χ2v) is 7.32. The van der Waals surface area contributed by atoms with Crippen molar-refractivity contribution in [3.05, 3.63) is 83.4 Å². The van der Waals surface area contributed by atoms with Gasteiger partial charge in [0.1, 0.15) is 22.5 Å². The van der Waals surface area contributed by atoms with Gasteiger partial charge < -0.3 is 9.47 Å². The van der Waals surface area contributed by atoms with Crippen LogP contribution in [0.4, 0.5) is 13.2 Å². The molecule has 0 aliphatic carbocycles. The minimum absolute atomic E-state index is 0.0895. The van der Waals surface area contributed by atoms with Crippen LogP contribution in [0.1, 0.15) is 29.7 Å². The average molecular weight is 455 g/mol.